The number of rotatable bonds is 8. The lowest BCUT2D eigenvalue weighted by molar-refractivity contribution is -0.122. The van der Waals surface area contributed by atoms with Gasteiger partial charge in [-0.3, -0.25) is 4.79 Å². The van der Waals surface area contributed by atoms with Gasteiger partial charge in [0.2, 0.25) is 0 Å². The summed E-state index contributed by atoms with van der Waals surface area (Å²) in [5, 5.41) is 2.91. The van der Waals surface area contributed by atoms with Crippen molar-refractivity contribution < 1.29 is 19.0 Å². The van der Waals surface area contributed by atoms with Crippen LogP contribution in [0.2, 0.25) is 0 Å². The van der Waals surface area contributed by atoms with Crippen LogP contribution in [0, 0.1) is 0 Å². The molecule has 0 saturated heterocycles. The van der Waals surface area contributed by atoms with Gasteiger partial charge in [-0.1, -0.05) is 49.4 Å². The quantitative estimate of drug-likeness (QED) is 0.580. The van der Waals surface area contributed by atoms with Gasteiger partial charge in [-0.05, 0) is 42.8 Å². The lowest BCUT2D eigenvalue weighted by atomic mass is 10.2. The monoisotopic (exact) mass is 377 g/mol. The molecule has 0 radical (unpaired) electrons. The summed E-state index contributed by atoms with van der Waals surface area (Å²) in [6.45, 7) is 1.89. The number of carbonyl (C=O) groups is 1. The molecule has 0 fully saturated rings. The van der Waals surface area contributed by atoms with Crippen molar-refractivity contribution >= 4 is 11.6 Å². The minimum atomic E-state index is -0.666. The second-order valence-electron chi connectivity index (χ2n) is 6.07. The van der Waals surface area contributed by atoms with Crippen LogP contribution in [-0.2, 0) is 4.79 Å². The lowest BCUT2D eigenvalue weighted by Crippen LogP contribution is -2.32. The number of amides is 1. The highest BCUT2D eigenvalue weighted by Crippen LogP contribution is 2.30. The number of ether oxygens (including phenoxy) is 3. The van der Waals surface area contributed by atoms with Crippen LogP contribution in [0.4, 0.5) is 5.69 Å². The minimum absolute atomic E-state index is 0.252. The first-order valence-corrected chi connectivity index (χ1v) is 9.13. The molecule has 0 saturated carbocycles. The highest BCUT2D eigenvalue weighted by molar-refractivity contribution is 5.95. The molecule has 3 rings (SSSR count). The van der Waals surface area contributed by atoms with Crippen LogP contribution in [0.5, 0.6) is 23.0 Å². The van der Waals surface area contributed by atoms with Crippen LogP contribution in [0.1, 0.15) is 13.3 Å². The Bertz CT molecular complexity index is 911. The zero-order chi connectivity index (χ0) is 19.8. The van der Waals surface area contributed by atoms with Crippen molar-refractivity contribution in [3.05, 3.63) is 78.9 Å². The molecule has 1 atom stereocenters. The maximum Gasteiger partial charge on any atom is 0.265 e. The third-order valence-corrected chi connectivity index (χ3v) is 4.12. The van der Waals surface area contributed by atoms with Crippen LogP contribution in [-0.4, -0.2) is 19.1 Å². The summed E-state index contributed by atoms with van der Waals surface area (Å²) in [5.41, 5.74) is 0.582. The van der Waals surface area contributed by atoms with E-state index in [1.165, 1.54) is 0 Å². The fraction of sp³-hybridized carbons (Fsp3) is 0.174. The van der Waals surface area contributed by atoms with E-state index in [1.54, 1.807) is 25.3 Å². The number of nitrogens with one attached hydrogen (secondary N) is 1. The molecule has 0 bridgehead atoms. The molecule has 0 aliphatic carbocycles. The Morgan fingerprint density at radius 3 is 2.14 bits per heavy atom. The Morgan fingerprint density at radius 1 is 0.857 bits per heavy atom. The van der Waals surface area contributed by atoms with Gasteiger partial charge in [-0.25, -0.2) is 0 Å². The molecular weight excluding hydrogens is 354 g/mol. The summed E-state index contributed by atoms with van der Waals surface area (Å²) < 4.78 is 17.1. The van der Waals surface area contributed by atoms with Gasteiger partial charge in [-0.2, -0.15) is 0 Å². The molecular formula is C23H23NO4. The van der Waals surface area contributed by atoms with Gasteiger partial charge in [-0.15, -0.1) is 0 Å². The smallest absolute Gasteiger partial charge is 0.265 e. The Labute approximate surface area is 164 Å². The zero-order valence-corrected chi connectivity index (χ0v) is 15.9. The Hall–Kier alpha value is -3.47. The maximum atomic E-state index is 12.8. The first kappa shape index (κ1) is 19.3. The van der Waals surface area contributed by atoms with Gasteiger partial charge in [0.15, 0.2) is 23.4 Å². The molecule has 0 aliphatic heterocycles. The maximum absolute atomic E-state index is 12.8. The van der Waals surface area contributed by atoms with Crippen LogP contribution >= 0.6 is 0 Å². The zero-order valence-electron chi connectivity index (χ0n) is 15.9. The summed E-state index contributed by atoms with van der Waals surface area (Å²) >= 11 is 0. The molecule has 28 heavy (non-hydrogen) atoms. The van der Waals surface area contributed by atoms with E-state index in [9.17, 15) is 4.79 Å². The van der Waals surface area contributed by atoms with E-state index in [2.05, 4.69) is 5.32 Å². The summed E-state index contributed by atoms with van der Waals surface area (Å²) in [4.78, 5) is 12.8. The first-order chi connectivity index (χ1) is 13.7. The summed E-state index contributed by atoms with van der Waals surface area (Å²) in [7, 11) is 1.57. The number of benzene rings is 3. The molecule has 0 aliphatic rings. The predicted molar refractivity (Wildman–Crippen MR) is 109 cm³/mol. The van der Waals surface area contributed by atoms with E-state index in [1.807, 2.05) is 67.6 Å². The molecule has 5 heteroatoms. The first-order valence-electron chi connectivity index (χ1n) is 9.13. The number of methoxy groups -OCH3 is 1. The highest BCUT2D eigenvalue weighted by Gasteiger charge is 2.21. The predicted octanol–water partition coefficient (Wildman–Crippen LogP) is 5.28. The van der Waals surface area contributed by atoms with E-state index in [0.717, 1.165) is 0 Å². The average Bonchev–Trinajstić information content (AvgIpc) is 2.74. The third-order valence-electron chi connectivity index (χ3n) is 4.12. The molecule has 5 nitrogen and oxygen atoms in total. The number of anilines is 1. The van der Waals surface area contributed by atoms with Gasteiger partial charge in [0, 0.05) is 0 Å². The van der Waals surface area contributed by atoms with E-state index >= 15 is 0 Å². The Balaban J connectivity index is 1.74. The molecule has 0 heterocycles. The normalized spacial score (nSPS) is 11.4. The largest absolute Gasteiger partial charge is 0.493 e. The second-order valence-corrected chi connectivity index (χ2v) is 6.07. The summed E-state index contributed by atoms with van der Waals surface area (Å²) in [5.74, 6) is 2.12. The van der Waals surface area contributed by atoms with Crippen molar-refractivity contribution in [2.75, 3.05) is 12.4 Å². The molecule has 144 valence electrons. The minimum Gasteiger partial charge on any atom is -0.493 e. The molecule has 3 aromatic rings. The Kier molecular flexibility index (Phi) is 6.52. The topological polar surface area (TPSA) is 56.8 Å². The molecule has 0 unspecified atom stereocenters. The average molecular weight is 377 g/mol. The van der Waals surface area contributed by atoms with Crippen molar-refractivity contribution in [3.63, 3.8) is 0 Å². The molecule has 1 amide bonds. The van der Waals surface area contributed by atoms with Gasteiger partial charge in [0.25, 0.3) is 5.91 Å². The van der Waals surface area contributed by atoms with Crippen LogP contribution < -0.4 is 19.5 Å². The number of carbonyl (C=O) groups excluding carboxylic acids is 1. The number of para-hydroxylation sites is 5. The molecule has 3 aromatic carbocycles. The van der Waals surface area contributed by atoms with Crippen molar-refractivity contribution in [1.82, 2.24) is 0 Å². The van der Waals surface area contributed by atoms with E-state index in [-0.39, 0.29) is 5.91 Å². The van der Waals surface area contributed by atoms with E-state index in [0.29, 0.717) is 35.1 Å². The van der Waals surface area contributed by atoms with E-state index < -0.39 is 6.10 Å². The fourth-order valence-electron chi connectivity index (χ4n) is 2.68. The fourth-order valence-corrected chi connectivity index (χ4v) is 2.68. The van der Waals surface area contributed by atoms with Gasteiger partial charge in [0.1, 0.15) is 5.75 Å². The molecule has 1 N–H and O–H groups in total. The summed E-state index contributed by atoms with van der Waals surface area (Å²) in [6.07, 6.45) is -0.160. The second kappa shape index (κ2) is 9.46. The molecule has 0 aromatic heterocycles. The lowest BCUT2D eigenvalue weighted by Gasteiger charge is -2.19. The van der Waals surface area contributed by atoms with Crippen LogP contribution in [0.15, 0.2) is 78.9 Å². The SMILES string of the molecule is CC[C@H](Oc1ccccc1OC)C(=O)Nc1ccccc1Oc1ccccc1. The molecule has 0 spiro atoms. The van der Waals surface area contributed by atoms with Gasteiger partial charge in [0.05, 0.1) is 12.8 Å². The Morgan fingerprint density at radius 2 is 1.46 bits per heavy atom. The standard InChI is InChI=1S/C23H23NO4/c1-3-19(28-22-16-10-9-15-21(22)26-2)23(25)24-18-13-7-8-14-20(18)27-17-11-5-4-6-12-17/h4-16,19H,3H2,1-2H3,(H,24,25)/t19-/m0/s1. The van der Waals surface area contributed by atoms with Crippen molar-refractivity contribution in [2.24, 2.45) is 0 Å². The van der Waals surface area contributed by atoms with E-state index in [4.69, 9.17) is 14.2 Å². The highest BCUT2D eigenvalue weighted by atomic mass is 16.5. The van der Waals surface area contributed by atoms with Crippen molar-refractivity contribution in [1.29, 1.82) is 0 Å². The summed E-state index contributed by atoms with van der Waals surface area (Å²) in [6, 6.07) is 24.0. The van der Waals surface area contributed by atoms with Gasteiger partial charge >= 0.3 is 0 Å². The number of hydrogen-bond donors (Lipinski definition) is 1. The third kappa shape index (κ3) is 4.82. The van der Waals surface area contributed by atoms with Gasteiger partial charge < -0.3 is 19.5 Å². The van der Waals surface area contributed by atoms with Crippen LogP contribution in [0.3, 0.4) is 0 Å². The van der Waals surface area contributed by atoms with Crippen LogP contribution in [0.25, 0.3) is 0 Å². The number of hydrogen-bond acceptors (Lipinski definition) is 4. The van der Waals surface area contributed by atoms with Crippen molar-refractivity contribution in [2.45, 2.75) is 19.4 Å². The van der Waals surface area contributed by atoms with Crippen molar-refractivity contribution in [3.8, 4) is 23.0 Å².